The average molecular weight is 430 g/mol. The van der Waals surface area contributed by atoms with Crippen LogP contribution in [0.25, 0.3) is 0 Å². The van der Waals surface area contributed by atoms with Gasteiger partial charge in [0.15, 0.2) is 0 Å². The fourth-order valence-electron chi connectivity index (χ4n) is 4.42. The topological polar surface area (TPSA) is 87.7 Å². The summed E-state index contributed by atoms with van der Waals surface area (Å²) in [6, 6.07) is 6.81. The zero-order valence-electron chi connectivity index (χ0n) is 18.9. The number of hydrogen-bond donors (Lipinski definition) is 2. The lowest BCUT2D eigenvalue weighted by Crippen LogP contribution is -2.53. The summed E-state index contributed by atoms with van der Waals surface area (Å²) >= 11 is 0. The molecule has 1 aromatic rings. The Balaban J connectivity index is 1.59. The van der Waals surface area contributed by atoms with Crippen LogP contribution < -0.4 is 20.3 Å². The number of benzene rings is 1. The molecular weight excluding hydrogens is 394 g/mol. The van der Waals surface area contributed by atoms with Crippen molar-refractivity contribution in [3.8, 4) is 5.75 Å². The van der Waals surface area contributed by atoms with Gasteiger partial charge in [0.25, 0.3) is 0 Å². The Hall–Kier alpha value is -2.57. The Morgan fingerprint density at radius 2 is 1.71 bits per heavy atom. The van der Waals surface area contributed by atoms with Crippen molar-refractivity contribution in [2.24, 2.45) is 11.8 Å². The van der Waals surface area contributed by atoms with E-state index in [1.165, 1.54) is 12.8 Å². The van der Waals surface area contributed by atoms with Gasteiger partial charge in [-0.15, -0.1) is 0 Å². The molecule has 7 nitrogen and oxygen atoms in total. The first kappa shape index (κ1) is 23.1. The van der Waals surface area contributed by atoms with Gasteiger partial charge in [0.05, 0.1) is 13.0 Å². The summed E-state index contributed by atoms with van der Waals surface area (Å²) in [6.45, 7) is 4.17. The van der Waals surface area contributed by atoms with E-state index >= 15 is 0 Å². The molecule has 2 aliphatic rings. The number of hydrogen-bond acceptors (Lipinski definition) is 4. The van der Waals surface area contributed by atoms with E-state index in [1.54, 1.807) is 24.1 Å². The van der Waals surface area contributed by atoms with Crippen LogP contribution in [0.1, 0.15) is 58.8 Å². The molecule has 2 N–H and O–H groups in total. The molecule has 2 atom stereocenters. The second-order valence-corrected chi connectivity index (χ2v) is 9.03. The van der Waals surface area contributed by atoms with E-state index in [0.717, 1.165) is 31.4 Å². The van der Waals surface area contributed by atoms with Crippen LogP contribution in [-0.2, 0) is 14.4 Å². The molecule has 0 spiro atoms. The molecule has 1 saturated heterocycles. The van der Waals surface area contributed by atoms with Gasteiger partial charge in [-0.1, -0.05) is 39.5 Å². The number of amides is 3. The third-order valence-electron chi connectivity index (χ3n) is 6.33. The Labute approximate surface area is 184 Å². The molecule has 2 unspecified atom stereocenters. The highest BCUT2D eigenvalue weighted by atomic mass is 16.5. The van der Waals surface area contributed by atoms with Crippen LogP contribution in [0.5, 0.6) is 5.75 Å². The largest absolute Gasteiger partial charge is 0.497 e. The van der Waals surface area contributed by atoms with Gasteiger partial charge in [-0.05, 0) is 43.0 Å². The summed E-state index contributed by atoms with van der Waals surface area (Å²) < 4.78 is 5.16. The number of ether oxygens (including phenoxy) is 1. The number of anilines is 1. The maximum atomic E-state index is 12.9. The molecule has 2 fully saturated rings. The van der Waals surface area contributed by atoms with Crippen LogP contribution in [0, 0.1) is 11.8 Å². The SMILES string of the molecule is COc1ccc(N2CC(C(=O)NC(C(=O)NC3CCCCCC3)C(C)C)CC2=O)cc1. The van der Waals surface area contributed by atoms with Gasteiger partial charge < -0.3 is 20.3 Å². The number of carbonyl (C=O) groups is 3. The van der Waals surface area contributed by atoms with E-state index in [9.17, 15) is 14.4 Å². The van der Waals surface area contributed by atoms with Crippen molar-refractivity contribution in [3.63, 3.8) is 0 Å². The molecule has 1 aromatic carbocycles. The number of nitrogens with one attached hydrogen (secondary N) is 2. The maximum absolute atomic E-state index is 12.9. The lowest BCUT2D eigenvalue weighted by atomic mass is 10.00. The molecule has 0 radical (unpaired) electrons. The molecule has 7 heteroatoms. The summed E-state index contributed by atoms with van der Waals surface area (Å²) in [5.41, 5.74) is 0.743. The number of rotatable bonds is 7. The minimum atomic E-state index is -0.596. The summed E-state index contributed by atoms with van der Waals surface area (Å²) in [6.07, 6.45) is 6.85. The van der Waals surface area contributed by atoms with E-state index in [4.69, 9.17) is 4.74 Å². The summed E-state index contributed by atoms with van der Waals surface area (Å²) in [4.78, 5) is 40.0. The number of carbonyl (C=O) groups excluding carboxylic acids is 3. The van der Waals surface area contributed by atoms with Crippen molar-refractivity contribution >= 4 is 23.4 Å². The minimum absolute atomic E-state index is 0.0375. The predicted molar refractivity (Wildman–Crippen MR) is 120 cm³/mol. The van der Waals surface area contributed by atoms with E-state index in [0.29, 0.717) is 12.3 Å². The smallest absolute Gasteiger partial charge is 0.243 e. The third-order valence-corrected chi connectivity index (χ3v) is 6.33. The first-order chi connectivity index (χ1) is 14.9. The molecule has 3 amide bonds. The van der Waals surface area contributed by atoms with Crippen LogP contribution in [0.15, 0.2) is 24.3 Å². The van der Waals surface area contributed by atoms with Crippen molar-refractivity contribution in [3.05, 3.63) is 24.3 Å². The fraction of sp³-hybridized carbons (Fsp3) is 0.625. The molecule has 1 saturated carbocycles. The van der Waals surface area contributed by atoms with E-state index < -0.39 is 12.0 Å². The van der Waals surface area contributed by atoms with Gasteiger partial charge in [-0.3, -0.25) is 14.4 Å². The molecule has 1 aliphatic heterocycles. The highest BCUT2D eigenvalue weighted by Crippen LogP contribution is 2.27. The molecule has 170 valence electrons. The molecule has 3 rings (SSSR count). The average Bonchev–Trinajstić information content (AvgIpc) is 2.96. The molecule has 1 heterocycles. The maximum Gasteiger partial charge on any atom is 0.243 e. The van der Waals surface area contributed by atoms with Crippen molar-refractivity contribution < 1.29 is 19.1 Å². The lowest BCUT2D eigenvalue weighted by Gasteiger charge is -2.26. The monoisotopic (exact) mass is 429 g/mol. The first-order valence-electron chi connectivity index (χ1n) is 11.4. The fourth-order valence-corrected chi connectivity index (χ4v) is 4.42. The highest BCUT2D eigenvalue weighted by molar-refractivity contribution is 6.01. The van der Waals surface area contributed by atoms with Gasteiger partial charge in [-0.25, -0.2) is 0 Å². The predicted octanol–water partition coefficient (Wildman–Crippen LogP) is 3.03. The van der Waals surface area contributed by atoms with Crippen LogP contribution in [0.3, 0.4) is 0 Å². The second-order valence-electron chi connectivity index (χ2n) is 9.03. The van der Waals surface area contributed by atoms with Crippen molar-refractivity contribution in [2.75, 3.05) is 18.6 Å². The Kier molecular flexibility index (Phi) is 7.93. The Morgan fingerprint density at radius 3 is 2.29 bits per heavy atom. The van der Waals surface area contributed by atoms with E-state index in [-0.39, 0.29) is 36.1 Å². The first-order valence-corrected chi connectivity index (χ1v) is 11.4. The molecule has 0 aromatic heterocycles. The zero-order chi connectivity index (χ0) is 22.4. The van der Waals surface area contributed by atoms with Gasteiger partial charge in [0.1, 0.15) is 11.8 Å². The normalized spacial score (nSPS) is 21.0. The molecule has 1 aliphatic carbocycles. The van der Waals surface area contributed by atoms with Gasteiger partial charge in [0, 0.05) is 24.7 Å². The zero-order valence-corrected chi connectivity index (χ0v) is 18.9. The quantitative estimate of drug-likeness (QED) is 0.652. The van der Waals surface area contributed by atoms with Crippen molar-refractivity contribution in [1.29, 1.82) is 0 Å². The van der Waals surface area contributed by atoms with Gasteiger partial charge >= 0.3 is 0 Å². The highest BCUT2D eigenvalue weighted by Gasteiger charge is 2.37. The Bertz CT molecular complexity index is 770. The minimum Gasteiger partial charge on any atom is -0.497 e. The lowest BCUT2D eigenvalue weighted by molar-refractivity contribution is -0.132. The van der Waals surface area contributed by atoms with Crippen molar-refractivity contribution in [1.82, 2.24) is 10.6 Å². The van der Waals surface area contributed by atoms with Crippen LogP contribution in [0.2, 0.25) is 0 Å². The Morgan fingerprint density at radius 1 is 1.06 bits per heavy atom. The third kappa shape index (κ3) is 5.99. The van der Waals surface area contributed by atoms with Gasteiger partial charge in [0.2, 0.25) is 17.7 Å². The second kappa shape index (κ2) is 10.6. The van der Waals surface area contributed by atoms with Gasteiger partial charge in [-0.2, -0.15) is 0 Å². The van der Waals surface area contributed by atoms with Crippen LogP contribution in [0.4, 0.5) is 5.69 Å². The summed E-state index contributed by atoms with van der Waals surface area (Å²) in [7, 11) is 1.59. The summed E-state index contributed by atoms with van der Waals surface area (Å²) in [5.74, 6) is -0.241. The molecular formula is C24H35N3O4. The summed E-state index contributed by atoms with van der Waals surface area (Å²) in [5, 5.41) is 6.07. The standard InChI is InChI=1S/C24H35N3O4/c1-16(2)22(24(30)25-18-8-6-4-5-7-9-18)26-23(29)17-14-21(28)27(15-17)19-10-12-20(31-3)13-11-19/h10-13,16-18,22H,4-9,14-15H2,1-3H3,(H,25,30)(H,26,29). The van der Waals surface area contributed by atoms with E-state index in [1.807, 2.05) is 26.0 Å². The molecule has 31 heavy (non-hydrogen) atoms. The van der Waals surface area contributed by atoms with Crippen LogP contribution >= 0.6 is 0 Å². The number of methoxy groups -OCH3 is 1. The number of nitrogens with zero attached hydrogens (tertiary/aromatic N) is 1. The molecule has 0 bridgehead atoms. The van der Waals surface area contributed by atoms with Crippen LogP contribution in [-0.4, -0.2) is 43.5 Å². The van der Waals surface area contributed by atoms with Crippen molar-refractivity contribution in [2.45, 2.75) is 70.9 Å². The van der Waals surface area contributed by atoms with E-state index in [2.05, 4.69) is 10.6 Å².